The number of anilines is 1. The molecule has 2 atom stereocenters. The Bertz CT molecular complexity index is 1290. The van der Waals surface area contributed by atoms with Crippen molar-refractivity contribution >= 4 is 27.3 Å². The second-order valence-electron chi connectivity index (χ2n) is 9.52. The van der Waals surface area contributed by atoms with Gasteiger partial charge in [-0.25, -0.2) is 28.7 Å². The standard InChI is InChI=1S/C25H33N5O6S/c1-25(37(2,33)34,23(32)28-36-22-6-3-4-17-35-22)10-16-29-13-9-20(18-21(29)31)19-7-14-30(15-8-19)24-26-11-5-12-27-24/h5,7,9,11-13,18,22H,3-4,6,8,10,14-17H2,1-2H3,(H,28,32)/t22?,25-/m1/s1. The fourth-order valence-corrected chi connectivity index (χ4v) is 5.13. The van der Waals surface area contributed by atoms with Crippen LogP contribution in [-0.4, -0.2) is 65.8 Å². The molecule has 1 saturated heterocycles. The fourth-order valence-electron chi connectivity index (χ4n) is 4.29. The van der Waals surface area contributed by atoms with Crippen molar-refractivity contribution in [3.63, 3.8) is 0 Å². The predicted molar refractivity (Wildman–Crippen MR) is 138 cm³/mol. The number of hydrogen-bond acceptors (Lipinski definition) is 9. The molecule has 0 saturated carbocycles. The topological polar surface area (TPSA) is 133 Å². The summed E-state index contributed by atoms with van der Waals surface area (Å²) in [6.45, 7) is 3.29. The molecule has 2 aromatic rings. The Labute approximate surface area is 216 Å². The van der Waals surface area contributed by atoms with Gasteiger partial charge < -0.3 is 14.2 Å². The monoisotopic (exact) mass is 531 g/mol. The summed E-state index contributed by atoms with van der Waals surface area (Å²) in [6, 6.07) is 5.15. The Balaban J connectivity index is 1.40. The molecular formula is C25H33N5O6S. The molecule has 2 aliphatic rings. The molecule has 1 N–H and O–H groups in total. The van der Waals surface area contributed by atoms with Crippen molar-refractivity contribution in [2.75, 3.05) is 30.9 Å². The highest BCUT2D eigenvalue weighted by Gasteiger charge is 2.44. The lowest BCUT2D eigenvalue weighted by Crippen LogP contribution is -2.51. The van der Waals surface area contributed by atoms with Gasteiger partial charge in [0.2, 0.25) is 5.95 Å². The predicted octanol–water partition coefficient (Wildman–Crippen LogP) is 1.70. The van der Waals surface area contributed by atoms with Gasteiger partial charge in [0.1, 0.15) is 0 Å². The average Bonchev–Trinajstić information content (AvgIpc) is 2.91. The number of aryl methyl sites for hydroxylation is 1. The quantitative estimate of drug-likeness (QED) is 0.480. The lowest BCUT2D eigenvalue weighted by molar-refractivity contribution is -0.201. The summed E-state index contributed by atoms with van der Waals surface area (Å²) in [7, 11) is -3.83. The average molecular weight is 532 g/mol. The fraction of sp³-hybridized carbons (Fsp3) is 0.520. The van der Waals surface area contributed by atoms with Crippen LogP contribution in [0.4, 0.5) is 5.95 Å². The van der Waals surface area contributed by atoms with Crippen molar-refractivity contribution in [2.45, 2.75) is 56.6 Å². The first-order valence-electron chi connectivity index (χ1n) is 12.4. The first-order valence-corrected chi connectivity index (χ1v) is 14.3. The number of pyridine rings is 1. The smallest absolute Gasteiger partial charge is 0.264 e. The summed E-state index contributed by atoms with van der Waals surface area (Å²) in [5, 5.41) is 0. The van der Waals surface area contributed by atoms with Crippen molar-refractivity contribution in [1.82, 2.24) is 20.0 Å². The molecule has 4 heterocycles. The summed E-state index contributed by atoms with van der Waals surface area (Å²) in [5.74, 6) is -0.115. The number of nitrogens with one attached hydrogen (secondary N) is 1. The second-order valence-corrected chi connectivity index (χ2v) is 12.0. The van der Waals surface area contributed by atoms with Crippen molar-refractivity contribution < 1.29 is 22.8 Å². The third-order valence-electron chi connectivity index (χ3n) is 6.96. The Kier molecular flexibility index (Phi) is 8.40. The van der Waals surface area contributed by atoms with Crippen LogP contribution in [0.2, 0.25) is 0 Å². The molecule has 0 radical (unpaired) electrons. The molecule has 2 aliphatic heterocycles. The van der Waals surface area contributed by atoms with Gasteiger partial charge in [-0.1, -0.05) is 6.08 Å². The molecule has 0 aliphatic carbocycles. The van der Waals surface area contributed by atoms with Gasteiger partial charge in [-0.2, -0.15) is 0 Å². The van der Waals surface area contributed by atoms with E-state index >= 15 is 0 Å². The van der Waals surface area contributed by atoms with Gasteiger partial charge in [0.25, 0.3) is 11.5 Å². The Morgan fingerprint density at radius 3 is 2.70 bits per heavy atom. The molecule has 0 aromatic carbocycles. The summed E-state index contributed by atoms with van der Waals surface area (Å²) in [5.41, 5.74) is 3.87. The Morgan fingerprint density at radius 2 is 2.08 bits per heavy atom. The van der Waals surface area contributed by atoms with Crippen LogP contribution in [0.25, 0.3) is 5.57 Å². The number of rotatable bonds is 9. The van der Waals surface area contributed by atoms with Gasteiger partial charge in [0, 0.05) is 63.6 Å². The van der Waals surface area contributed by atoms with Crippen LogP contribution in [0.3, 0.4) is 0 Å². The van der Waals surface area contributed by atoms with E-state index in [-0.39, 0.29) is 18.5 Å². The minimum Gasteiger partial charge on any atom is -0.350 e. The van der Waals surface area contributed by atoms with Gasteiger partial charge in [-0.05, 0) is 55.9 Å². The van der Waals surface area contributed by atoms with Gasteiger partial charge in [-0.15, -0.1) is 0 Å². The SMILES string of the molecule is C[C@@](CCn1ccc(C2=CCN(c3ncccn3)CC2)cc1=O)(C(=O)NOC1CCCCO1)S(C)(=O)=O. The number of ether oxygens (including phenoxy) is 1. The van der Waals surface area contributed by atoms with E-state index in [1.54, 1.807) is 30.7 Å². The van der Waals surface area contributed by atoms with Crippen LogP contribution >= 0.6 is 0 Å². The molecule has 200 valence electrons. The van der Waals surface area contributed by atoms with Crippen LogP contribution in [0, 0.1) is 0 Å². The van der Waals surface area contributed by atoms with Gasteiger partial charge >= 0.3 is 0 Å². The third kappa shape index (κ3) is 6.43. The van der Waals surface area contributed by atoms with E-state index in [1.807, 2.05) is 6.07 Å². The molecule has 2 aromatic heterocycles. The van der Waals surface area contributed by atoms with Crippen molar-refractivity contribution in [2.24, 2.45) is 0 Å². The lowest BCUT2D eigenvalue weighted by Gasteiger charge is -2.28. The van der Waals surface area contributed by atoms with Crippen LogP contribution in [0.15, 0.2) is 47.7 Å². The highest BCUT2D eigenvalue weighted by molar-refractivity contribution is 7.92. The molecule has 12 heteroatoms. The van der Waals surface area contributed by atoms with E-state index in [0.29, 0.717) is 25.5 Å². The molecular weight excluding hydrogens is 498 g/mol. The first kappa shape index (κ1) is 27.0. The zero-order chi connectivity index (χ0) is 26.5. The molecule has 0 spiro atoms. The zero-order valence-electron chi connectivity index (χ0n) is 21.1. The van der Waals surface area contributed by atoms with E-state index in [2.05, 4.69) is 26.4 Å². The van der Waals surface area contributed by atoms with E-state index < -0.39 is 26.8 Å². The van der Waals surface area contributed by atoms with Crippen LogP contribution in [0.5, 0.6) is 0 Å². The van der Waals surface area contributed by atoms with Crippen molar-refractivity contribution in [3.8, 4) is 0 Å². The zero-order valence-corrected chi connectivity index (χ0v) is 21.9. The highest BCUT2D eigenvalue weighted by Crippen LogP contribution is 2.25. The molecule has 1 unspecified atom stereocenters. The summed E-state index contributed by atoms with van der Waals surface area (Å²) in [6.07, 6.45) is 10.6. The number of carbonyl (C=O) groups is 1. The molecule has 4 rings (SSSR count). The minimum absolute atomic E-state index is 0.0498. The summed E-state index contributed by atoms with van der Waals surface area (Å²) < 4.78 is 30.2. The number of hydroxylamine groups is 1. The second kappa shape index (κ2) is 11.5. The number of hydrogen-bond donors (Lipinski definition) is 1. The highest BCUT2D eigenvalue weighted by atomic mass is 32.2. The maximum absolute atomic E-state index is 12.9. The van der Waals surface area contributed by atoms with E-state index in [4.69, 9.17) is 9.57 Å². The third-order valence-corrected chi connectivity index (χ3v) is 8.99. The number of sulfone groups is 1. The normalized spacial score (nSPS) is 20.1. The maximum Gasteiger partial charge on any atom is 0.264 e. The van der Waals surface area contributed by atoms with Gasteiger partial charge in [0.15, 0.2) is 20.9 Å². The number of nitrogens with zero attached hydrogens (tertiary/aromatic N) is 4. The van der Waals surface area contributed by atoms with E-state index in [9.17, 15) is 18.0 Å². The van der Waals surface area contributed by atoms with Gasteiger partial charge in [-0.3, -0.25) is 9.59 Å². The van der Waals surface area contributed by atoms with Crippen molar-refractivity contribution in [3.05, 3.63) is 58.8 Å². The first-order chi connectivity index (χ1) is 17.7. The van der Waals surface area contributed by atoms with Crippen LogP contribution in [0.1, 0.15) is 44.6 Å². The Hall–Kier alpha value is -3.09. The van der Waals surface area contributed by atoms with Crippen LogP contribution < -0.4 is 15.9 Å². The summed E-state index contributed by atoms with van der Waals surface area (Å²) in [4.78, 5) is 41.6. The van der Waals surface area contributed by atoms with Gasteiger partial charge in [0.05, 0.1) is 0 Å². The molecule has 37 heavy (non-hydrogen) atoms. The van der Waals surface area contributed by atoms with E-state index in [1.165, 1.54) is 11.5 Å². The van der Waals surface area contributed by atoms with Crippen molar-refractivity contribution in [1.29, 1.82) is 0 Å². The molecule has 11 nitrogen and oxygen atoms in total. The number of amides is 1. The summed E-state index contributed by atoms with van der Waals surface area (Å²) >= 11 is 0. The molecule has 0 bridgehead atoms. The van der Waals surface area contributed by atoms with E-state index in [0.717, 1.165) is 43.2 Å². The molecule has 1 fully saturated rings. The number of aromatic nitrogens is 3. The minimum atomic E-state index is -3.83. The number of carbonyl (C=O) groups excluding carboxylic acids is 1. The lowest BCUT2D eigenvalue weighted by atomic mass is 10.0. The van der Waals surface area contributed by atoms with Crippen LogP contribution in [-0.2, 0) is 30.8 Å². The Morgan fingerprint density at radius 1 is 1.30 bits per heavy atom. The molecule has 1 amide bonds. The largest absolute Gasteiger partial charge is 0.350 e. The maximum atomic E-state index is 12.9.